The predicted octanol–water partition coefficient (Wildman–Crippen LogP) is 1.27. The Bertz CT molecular complexity index is 479. The summed E-state index contributed by atoms with van der Waals surface area (Å²) in [6, 6.07) is 5.55. The Morgan fingerprint density at radius 1 is 1.22 bits per heavy atom. The van der Waals surface area contributed by atoms with Gasteiger partial charge >= 0.3 is 0 Å². The molecule has 0 spiro atoms. The highest BCUT2D eigenvalue weighted by molar-refractivity contribution is 5.96. The monoisotopic (exact) mass is 246 g/mol. The first-order chi connectivity index (χ1) is 8.58. The van der Waals surface area contributed by atoms with E-state index in [-0.39, 0.29) is 18.4 Å². The smallest absolute Gasteiger partial charge is 0.251 e. The summed E-state index contributed by atoms with van der Waals surface area (Å²) in [7, 11) is 0. The van der Waals surface area contributed by atoms with E-state index in [4.69, 9.17) is 0 Å². The number of carbonyl (C=O) groups excluding carboxylic acids is 2. The zero-order chi connectivity index (χ0) is 13.1. The molecular formula is C14H18N2O2. The highest BCUT2D eigenvalue weighted by Gasteiger charge is 2.20. The molecule has 4 heteroatoms. The lowest BCUT2D eigenvalue weighted by Gasteiger charge is -2.30. The van der Waals surface area contributed by atoms with Crippen LogP contribution < -0.4 is 5.32 Å². The third kappa shape index (κ3) is 2.70. The van der Waals surface area contributed by atoms with Crippen molar-refractivity contribution >= 4 is 11.8 Å². The van der Waals surface area contributed by atoms with E-state index in [9.17, 15) is 9.59 Å². The number of carbonyl (C=O) groups is 2. The average molecular weight is 246 g/mol. The maximum Gasteiger partial charge on any atom is 0.251 e. The molecule has 2 rings (SSSR count). The zero-order valence-electron chi connectivity index (χ0n) is 10.8. The van der Waals surface area contributed by atoms with Gasteiger partial charge in [-0.3, -0.25) is 9.59 Å². The molecule has 4 nitrogen and oxygen atoms in total. The van der Waals surface area contributed by atoms with Crippen LogP contribution in [0.4, 0.5) is 0 Å². The molecule has 1 aliphatic heterocycles. The molecule has 1 fully saturated rings. The van der Waals surface area contributed by atoms with Gasteiger partial charge in [0.25, 0.3) is 5.91 Å². The van der Waals surface area contributed by atoms with Crippen molar-refractivity contribution in [2.45, 2.75) is 20.3 Å². The molecule has 18 heavy (non-hydrogen) atoms. The Balaban J connectivity index is 1.90. The standard InChI is InChI=1S/C14H18N2O2/c1-10-4-5-12(8-11(10)2)14(18)15-9-13(17)16-6-3-7-16/h4-5,8H,3,6-7,9H2,1-2H3,(H,15,18). The first-order valence-corrected chi connectivity index (χ1v) is 6.21. The molecular weight excluding hydrogens is 228 g/mol. The molecule has 0 bridgehead atoms. The minimum absolute atomic E-state index is 0.00145. The number of hydrogen-bond donors (Lipinski definition) is 1. The van der Waals surface area contributed by atoms with Crippen molar-refractivity contribution in [3.8, 4) is 0 Å². The normalized spacial score (nSPS) is 14.0. The summed E-state index contributed by atoms with van der Waals surface area (Å²) in [5, 5.41) is 2.66. The lowest BCUT2D eigenvalue weighted by atomic mass is 10.1. The molecule has 1 saturated heterocycles. The van der Waals surface area contributed by atoms with Gasteiger partial charge in [-0.1, -0.05) is 6.07 Å². The molecule has 1 aromatic rings. The van der Waals surface area contributed by atoms with Gasteiger partial charge in [0, 0.05) is 18.7 Å². The van der Waals surface area contributed by atoms with Crippen LogP contribution in [0.5, 0.6) is 0 Å². The number of rotatable bonds is 3. The fourth-order valence-electron chi connectivity index (χ4n) is 1.82. The van der Waals surface area contributed by atoms with E-state index < -0.39 is 0 Å². The van der Waals surface area contributed by atoms with Gasteiger partial charge in [0.2, 0.25) is 5.91 Å². The Labute approximate surface area is 107 Å². The number of nitrogens with zero attached hydrogens (tertiary/aromatic N) is 1. The molecule has 1 aromatic carbocycles. The third-order valence-electron chi connectivity index (χ3n) is 3.38. The molecule has 1 heterocycles. The molecule has 1 aliphatic rings. The van der Waals surface area contributed by atoms with E-state index >= 15 is 0 Å². The van der Waals surface area contributed by atoms with Crippen molar-refractivity contribution in [2.75, 3.05) is 19.6 Å². The minimum Gasteiger partial charge on any atom is -0.343 e. The van der Waals surface area contributed by atoms with Gasteiger partial charge < -0.3 is 10.2 Å². The number of amides is 2. The van der Waals surface area contributed by atoms with Crippen molar-refractivity contribution in [3.63, 3.8) is 0 Å². The van der Waals surface area contributed by atoms with E-state index in [1.165, 1.54) is 0 Å². The van der Waals surface area contributed by atoms with Crippen LogP contribution in [-0.4, -0.2) is 36.3 Å². The molecule has 2 amide bonds. The summed E-state index contributed by atoms with van der Waals surface area (Å²) in [5.41, 5.74) is 2.84. The SMILES string of the molecule is Cc1ccc(C(=O)NCC(=O)N2CCC2)cc1C. The van der Waals surface area contributed by atoms with E-state index in [1.54, 1.807) is 11.0 Å². The third-order valence-corrected chi connectivity index (χ3v) is 3.38. The minimum atomic E-state index is -0.188. The van der Waals surface area contributed by atoms with Crippen LogP contribution in [0.15, 0.2) is 18.2 Å². The first kappa shape index (κ1) is 12.6. The van der Waals surface area contributed by atoms with Gasteiger partial charge in [-0.15, -0.1) is 0 Å². The summed E-state index contributed by atoms with van der Waals surface area (Å²) in [5.74, 6) is -0.189. The van der Waals surface area contributed by atoms with Gasteiger partial charge in [-0.05, 0) is 43.5 Å². The van der Waals surface area contributed by atoms with Gasteiger partial charge in [0.1, 0.15) is 0 Å². The zero-order valence-corrected chi connectivity index (χ0v) is 10.8. The number of likely N-dealkylation sites (tertiary alicyclic amines) is 1. The molecule has 0 aliphatic carbocycles. The van der Waals surface area contributed by atoms with Crippen LogP contribution >= 0.6 is 0 Å². The van der Waals surface area contributed by atoms with Gasteiger partial charge in [-0.25, -0.2) is 0 Å². The summed E-state index contributed by atoms with van der Waals surface area (Å²) in [4.78, 5) is 25.2. The molecule has 0 aromatic heterocycles. The predicted molar refractivity (Wildman–Crippen MR) is 69.4 cm³/mol. The molecule has 0 atom stereocenters. The summed E-state index contributed by atoms with van der Waals surface area (Å²) in [6.07, 6.45) is 1.07. The lowest BCUT2D eigenvalue weighted by molar-refractivity contribution is -0.133. The Morgan fingerprint density at radius 2 is 1.94 bits per heavy atom. The van der Waals surface area contributed by atoms with Crippen LogP contribution in [0.25, 0.3) is 0 Å². The van der Waals surface area contributed by atoms with Gasteiger partial charge in [-0.2, -0.15) is 0 Å². The van der Waals surface area contributed by atoms with E-state index in [2.05, 4.69) is 5.32 Å². The number of aryl methyl sites for hydroxylation is 2. The van der Waals surface area contributed by atoms with Crippen LogP contribution in [-0.2, 0) is 4.79 Å². The molecule has 96 valence electrons. The fourth-order valence-corrected chi connectivity index (χ4v) is 1.82. The van der Waals surface area contributed by atoms with Crippen molar-refractivity contribution in [1.82, 2.24) is 10.2 Å². The molecule has 0 unspecified atom stereocenters. The summed E-state index contributed by atoms with van der Waals surface area (Å²) >= 11 is 0. The highest BCUT2D eigenvalue weighted by Crippen LogP contribution is 2.10. The van der Waals surface area contributed by atoms with Crippen LogP contribution in [0.2, 0.25) is 0 Å². The molecule has 1 N–H and O–H groups in total. The topological polar surface area (TPSA) is 49.4 Å². The van der Waals surface area contributed by atoms with Crippen molar-refractivity contribution < 1.29 is 9.59 Å². The lowest BCUT2D eigenvalue weighted by Crippen LogP contribution is -2.47. The largest absolute Gasteiger partial charge is 0.343 e. The number of nitrogens with one attached hydrogen (secondary N) is 1. The van der Waals surface area contributed by atoms with E-state index in [1.807, 2.05) is 26.0 Å². The maximum absolute atomic E-state index is 11.9. The second-order valence-corrected chi connectivity index (χ2v) is 4.72. The summed E-state index contributed by atoms with van der Waals surface area (Å²) in [6.45, 7) is 5.70. The van der Waals surface area contributed by atoms with Gasteiger partial charge in [0.05, 0.1) is 6.54 Å². The summed E-state index contributed by atoms with van der Waals surface area (Å²) < 4.78 is 0. The van der Waals surface area contributed by atoms with Crippen LogP contribution in [0, 0.1) is 13.8 Å². The Kier molecular flexibility index (Phi) is 3.65. The quantitative estimate of drug-likeness (QED) is 0.873. The Morgan fingerprint density at radius 3 is 2.50 bits per heavy atom. The van der Waals surface area contributed by atoms with E-state index in [0.29, 0.717) is 5.56 Å². The number of hydrogen-bond acceptors (Lipinski definition) is 2. The molecule has 0 saturated carbocycles. The van der Waals surface area contributed by atoms with Crippen LogP contribution in [0.3, 0.4) is 0 Å². The van der Waals surface area contributed by atoms with Crippen molar-refractivity contribution in [1.29, 1.82) is 0 Å². The maximum atomic E-state index is 11.9. The second kappa shape index (κ2) is 5.21. The second-order valence-electron chi connectivity index (χ2n) is 4.72. The number of benzene rings is 1. The van der Waals surface area contributed by atoms with E-state index in [0.717, 1.165) is 30.6 Å². The van der Waals surface area contributed by atoms with Crippen molar-refractivity contribution in [3.05, 3.63) is 34.9 Å². The molecule has 0 radical (unpaired) electrons. The van der Waals surface area contributed by atoms with Crippen LogP contribution in [0.1, 0.15) is 27.9 Å². The average Bonchev–Trinajstić information content (AvgIpc) is 2.27. The Hall–Kier alpha value is -1.84. The van der Waals surface area contributed by atoms with Gasteiger partial charge in [0.15, 0.2) is 0 Å². The fraction of sp³-hybridized carbons (Fsp3) is 0.429. The van der Waals surface area contributed by atoms with Crippen molar-refractivity contribution in [2.24, 2.45) is 0 Å². The highest BCUT2D eigenvalue weighted by atomic mass is 16.2. The first-order valence-electron chi connectivity index (χ1n) is 6.21.